The molecule has 0 amide bonds. The SMILES string of the molecule is CC(C)n1nc2c(c1-c1ncco1)CNCC2. The van der Waals surface area contributed by atoms with Gasteiger partial charge >= 0.3 is 0 Å². The number of rotatable bonds is 2. The lowest BCUT2D eigenvalue weighted by atomic mass is 10.1. The van der Waals surface area contributed by atoms with E-state index < -0.39 is 0 Å². The molecule has 0 aromatic carbocycles. The van der Waals surface area contributed by atoms with Gasteiger partial charge in [-0.2, -0.15) is 5.10 Å². The van der Waals surface area contributed by atoms with Crippen molar-refractivity contribution in [2.24, 2.45) is 0 Å². The summed E-state index contributed by atoms with van der Waals surface area (Å²) in [5.74, 6) is 0.663. The lowest BCUT2D eigenvalue weighted by molar-refractivity contribution is 0.510. The Kier molecular flexibility index (Phi) is 2.48. The van der Waals surface area contributed by atoms with Gasteiger partial charge in [0.2, 0.25) is 5.89 Å². The van der Waals surface area contributed by atoms with Crippen LogP contribution < -0.4 is 5.32 Å². The van der Waals surface area contributed by atoms with Gasteiger partial charge < -0.3 is 9.73 Å². The summed E-state index contributed by atoms with van der Waals surface area (Å²) in [5, 5.41) is 8.06. The first-order valence-electron chi connectivity index (χ1n) is 5.98. The minimum Gasteiger partial charge on any atom is -0.443 e. The van der Waals surface area contributed by atoms with Gasteiger partial charge in [0.25, 0.3) is 0 Å². The standard InChI is InChI=1S/C12H16N4O/c1-8(2)16-11(12-14-5-6-17-12)9-7-13-4-3-10(9)15-16/h5-6,8,13H,3-4,7H2,1-2H3. The Balaban J connectivity index is 2.19. The van der Waals surface area contributed by atoms with Crippen molar-refractivity contribution in [2.45, 2.75) is 32.9 Å². The van der Waals surface area contributed by atoms with Crippen LogP contribution in [0.1, 0.15) is 31.1 Å². The summed E-state index contributed by atoms with van der Waals surface area (Å²) in [4.78, 5) is 4.25. The molecule has 5 nitrogen and oxygen atoms in total. The number of nitrogens with one attached hydrogen (secondary N) is 1. The zero-order valence-electron chi connectivity index (χ0n) is 10.1. The number of oxazole rings is 1. The van der Waals surface area contributed by atoms with Crippen LogP contribution in [0.3, 0.4) is 0 Å². The summed E-state index contributed by atoms with van der Waals surface area (Å²) < 4.78 is 7.45. The van der Waals surface area contributed by atoms with E-state index >= 15 is 0 Å². The van der Waals surface area contributed by atoms with Crippen LogP contribution >= 0.6 is 0 Å². The molecule has 90 valence electrons. The molecule has 0 aliphatic carbocycles. The third-order valence-electron chi connectivity index (χ3n) is 3.06. The molecule has 0 bridgehead atoms. The van der Waals surface area contributed by atoms with Gasteiger partial charge in [-0.25, -0.2) is 4.98 Å². The highest BCUT2D eigenvalue weighted by Gasteiger charge is 2.24. The Labute approximate surface area is 99.8 Å². The summed E-state index contributed by atoms with van der Waals surface area (Å²) >= 11 is 0. The van der Waals surface area contributed by atoms with Crippen molar-refractivity contribution in [3.05, 3.63) is 23.7 Å². The van der Waals surface area contributed by atoms with E-state index in [-0.39, 0.29) is 0 Å². The molecule has 0 saturated heterocycles. The molecule has 0 spiro atoms. The minimum atomic E-state index is 0.308. The second-order valence-electron chi connectivity index (χ2n) is 4.58. The molecule has 0 saturated carbocycles. The smallest absolute Gasteiger partial charge is 0.245 e. The molecule has 3 rings (SSSR count). The largest absolute Gasteiger partial charge is 0.443 e. The van der Waals surface area contributed by atoms with Crippen LogP contribution in [0.15, 0.2) is 16.9 Å². The summed E-state index contributed by atoms with van der Waals surface area (Å²) in [6, 6.07) is 0.308. The number of nitrogens with zero attached hydrogens (tertiary/aromatic N) is 3. The van der Waals surface area contributed by atoms with Crippen molar-refractivity contribution >= 4 is 0 Å². The Morgan fingerprint density at radius 1 is 1.47 bits per heavy atom. The third kappa shape index (κ3) is 1.67. The van der Waals surface area contributed by atoms with Gasteiger partial charge in [0.05, 0.1) is 11.9 Å². The first-order valence-corrected chi connectivity index (χ1v) is 5.98. The highest BCUT2D eigenvalue weighted by atomic mass is 16.3. The van der Waals surface area contributed by atoms with E-state index in [1.807, 2.05) is 4.68 Å². The number of hydrogen-bond acceptors (Lipinski definition) is 4. The predicted molar refractivity (Wildman–Crippen MR) is 63.5 cm³/mol. The summed E-state index contributed by atoms with van der Waals surface area (Å²) in [7, 11) is 0. The molecule has 1 N–H and O–H groups in total. The third-order valence-corrected chi connectivity index (χ3v) is 3.06. The number of aromatic nitrogens is 3. The maximum Gasteiger partial charge on any atom is 0.245 e. The summed E-state index contributed by atoms with van der Waals surface area (Å²) in [6.45, 7) is 6.09. The maximum atomic E-state index is 5.44. The fourth-order valence-corrected chi connectivity index (χ4v) is 2.26. The average Bonchev–Trinajstić information content (AvgIpc) is 2.94. The molecular weight excluding hydrogens is 216 g/mol. The molecular formula is C12H16N4O. The summed E-state index contributed by atoms with van der Waals surface area (Å²) in [5.41, 5.74) is 3.42. The van der Waals surface area contributed by atoms with Crippen molar-refractivity contribution in [3.63, 3.8) is 0 Å². The van der Waals surface area contributed by atoms with E-state index in [1.165, 1.54) is 11.3 Å². The fourth-order valence-electron chi connectivity index (χ4n) is 2.26. The zero-order chi connectivity index (χ0) is 11.8. The van der Waals surface area contributed by atoms with Crippen molar-refractivity contribution in [1.82, 2.24) is 20.1 Å². The molecule has 2 aromatic rings. The van der Waals surface area contributed by atoms with Crippen LogP contribution in [-0.2, 0) is 13.0 Å². The second kappa shape index (κ2) is 4.00. The van der Waals surface area contributed by atoms with Crippen LogP contribution in [0.4, 0.5) is 0 Å². The second-order valence-corrected chi connectivity index (χ2v) is 4.58. The minimum absolute atomic E-state index is 0.308. The zero-order valence-corrected chi connectivity index (χ0v) is 10.1. The Morgan fingerprint density at radius 3 is 3.06 bits per heavy atom. The normalized spacial score (nSPS) is 15.2. The van der Waals surface area contributed by atoms with Crippen LogP contribution in [0.5, 0.6) is 0 Å². The first-order chi connectivity index (χ1) is 8.27. The van der Waals surface area contributed by atoms with E-state index in [2.05, 4.69) is 29.2 Å². The number of hydrogen-bond donors (Lipinski definition) is 1. The van der Waals surface area contributed by atoms with Crippen molar-refractivity contribution in [2.75, 3.05) is 6.54 Å². The molecule has 0 atom stereocenters. The van der Waals surface area contributed by atoms with Gasteiger partial charge in [-0.15, -0.1) is 0 Å². The molecule has 0 fully saturated rings. The molecule has 2 aromatic heterocycles. The fraction of sp³-hybridized carbons (Fsp3) is 0.500. The van der Waals surface area contributed by atoms with E-state index in [0.29, 0.717) is 11.9 Å². The lowest BCUT2D eigenvalue weighted by Crippen LogP contribution is -2.23. The van der Waals surface area contributed by atoms with E-state index in [4.69, 9.17) is 4.42 Å². The first kappa shape index (κ1) is 10.5. The Morgan fingerprint density at radius 2 is 2.35 bits per heavy atom. The molecule has 0 unspecified atom stereocenters. The molecule has 17 heavy (non-hydrogen) atoms. The van der Waals surface area contributed by atoms with Crippen molar-refractivity contribution < 1.29 is 4.42 Å². The number of fused-ring (bicyclic) bond motifs is 1. The Hall–Kier alpha value is -1.62. The van der Waals surface area contributed by atoms with E-state index in [9.17, 15) is 0 Å². The lowest BCUT2D eigenvalue weighted by Gasteiger charge is -2.12. The van der Waals surface area contributed by atoms with Crippen LogP contribution in [0.25, 0.3) is 11.6 Å². The topological polar surface area (TPSA) is 55.9 Å². The molecule has 1 aliphatic heterocycles. The van der Waals surface area contributed by atoms with Crippen LogP contribution in [0, 0.1) is 0 Å². The van der Waals surface area contributed by atoms with Gasteiger partial charge in [0.15, 0.2) is 0 Å². The van der Waals surface area contributed by atoms with E-state index in [0.717, 1.165) is 25.2 Å². The van der Waals surface area contributed by atoms with Gasteiger partial charge in [0.1, 0.15) is 12.0 Å². The molecule has 3 heterocycles. The molecule has 5 heteroatoms. The maximum absolute atomic E-state index is 5.44. The van der Waals surface area contributed by atoms with Gasteiger partial charge in [-0.3, -0.25) is 4.68 Å². The summed E-state index contributed by atoms with van der Waals surface area (Å²) in [6.07, 6.45) is 4.26. The van der Waals surface area contributed by atoms with Gasteiger partial charge in [-0.1, -0.05) is 0 Å². The Bertz CT molecular complexity index is 513. The van der Waals surface area contributed by atoms with E-state index in [1.54, 1.807) is 12.5 Å². The molecule has 0 radical (unpaired) electrons. The molecule has 1 aliphatic rings. The van der Waals surface area contributed by atoms with Gasteiger partial charge in [-0.05, 0) is 13.8 Å². The highest BCUT2D eigenvalue weighted by molar-refractivity contribution is 5.56. The van der Waals surface area contributed by atoms with Gasteiger partial charge in [0, 0.05) is 31.1 Å². The monoisotopic (exact) mass is 232 g/mol. The van der Waals surface area contributed by atoms with Crippen LogP contribution in [-0.4, -0.2) is 21.3 Å². The average molecular weight is 232 g/mol. The predicted octanol–water partition coefficient (Wildman–Crippen LogP) is 1.76. The van der Waals surface area contributed by atoms with Crippen molar-refractivity contribution in [1.29, 1.82) is 0 Å². The quantitative estimate of drug-likeness (QED) is 0.857. The highest BCUT2D eigenvalue weighted by Crippen LogP contribution is 2.29. The van der Waals surface area contributed by atoms with Crippen LogP contribution in [0.2, 0.25) is 0 Å². The van der Waals surface area contributed by atoms with Crippen molar-refractivity contribution in [3.8, 4) is 11.6 Å².